The van der Waals surface area contributed by atoms with Gasteiger partial charge in [-0.1, -0.05) is 18.2 Å². The molecule has 0 unspecified atom stereocenters. The molecule has 0 fully saturated rings. The Hall–Kier alpha value is -2.80. The third-order valence-electron chi connectivity index (χ3n) is 3.69. The molecule has 1 heterocycles. The maximum Gasteiger partial charge on any atom is 0.269 e. The molecule has 3 rings (SSSR count). The lowest BCUT2D eigenvalue weighted by Crippen LogP contribution is -2.13. The standard InChI is InChI=1S/C19H20N2O4S/c1-14(2)25-18-13-15(9-10-17(18)24-3)19-20-11-12-21(19)26(22,23)16-7-5-4-6-8-16/h4-14H,1-3H3. The van der Waals surface area contributed by atoms with Crippen LogP contribution in [0.25, 0.3) is 11.4 Å². The minimum absolute atomic E-state index is 0.0491. The van der Waals surface area contributed by atoms with Gasteiger partial charge in [0.1, 0.15) is 0 Å². The minimum Gasteiger partial charge on any atom is -0.493 e. The first-order chi connectivity index (χ1) is 12.4. The fourth-order valence-corrected chi connectivity index (χ4v) is 3.88. The van der Waals surface area contributed by atoms with Crippen molar-refractivity contribution in [1.82, 2.24) is 8.96 Å². The maximum atomic E-state index is 12.9. The summed E-state index contributed by atoms with van der Waals surface area (Å²) >= 11 is 0. The van der Waals surface area contributed by atoms with E-state index in [2.05, 4.69) is 4.98 Å². The molecule has 7 heteroatoms. The Labute approximate surface area is 153 Å². The number of methoxy groups -OCH3 is 1. The predicted octanol–water partition coefficient (Wildman–Crippen LogP) is 3.58. The molecule has 2 aromatic carbocycles. The Morgan fingerprint density at radius 2 is 1.77 bits per heavy atom. The Morgan fingerprint density at radius 3 is 2.42 bits per heavy atom. The first-order valence-corrected chi connectivity index (χ1v) is 9.56. The zero-order valence-electron chi connectivity index (χ0n) is 14.8. The van der Waals surface area contributed by atoms with Crippen molar-refractivity contribution in [2.75, 3.05) is 7.11 Å². The van der Waals surface area contributed by atoms with E-state index in [1.807, 2.05) is 13.8 Å². The maximum absolute atomic E-state index is 12.9. The smallest absolute Gasteiger partial charge is 0.269 e. The number of aromatic nitrogens is 2. The van der Waals surface area contributed by atoms with Crippen LogP contribution < -0.4 is 9.47 Å². The number of nitrogens with zero attached hydrogens (tertiary/aromatic N) is 2. The zero-order valence-corrected chi connectivity index (χ0v) is 15.6. The van der Waals surface area contributed by atoms with Crippen molar-refractivity contribution in [2.45, 2.75) is 24.8 Å². The van der Waals surface area contributed by atoms with Gasteiger partial charge in [0.05, 0.1) is 18.1 Å². The molecule has 0 bridgehead atoms. The van der Waals surface area contributed by atoms with Gasteiger partial charge in [-0.3, -0.25) is 0 Å². The van der Waals surface area contributed by atoms with Gasteiger partial charge in [-0.2, -0.15) is 0 Å². The molecule has 0 aliphatic heterocycles. The van der Waals surface area contributed by atoms with Crippen molar-refractivity contribution < 1.29 is 17.9 Å². The van der Waals surface area contributed by atoms with E-state index in [-0.39, 0.29) is 11.0 Å². The van der Waals surface area contributed by atoms with Crippen LogP contribution in [-0.4, -0.2) is 30.6 Å². The molecule has 0 aliphatic rings. The van der Waals surface area contributed by atoms with E-state index in [4.69, 9.17) is 9.47 Å². The summed E-state index contributed by atoms with van der Waals surface area (Å²) in [4.78, 5) is 4.44. The molecule has 0 spiro atoms. The number of benzene rings is 2. The number of imidazole rings is 1. The molecule has 3 aromatic rings. The third kappa shape index (κ3) is 3.43. The summed E-state index contributed by atoms with van der Waals surface area (Å²) in [5, 5.41) is 0. The second-order valence-electron chi connectivity index (χ2n) is 5.90. The first-order valence-electron chi connectivity index (χ1n) is 8.12. The van der Waals surface area contributed by atoms with Gasteiger partial charge in [-0.15, -0.1) is 0 Å². The van der Waals surface area contributed by atoms with Crippen LogP contribution in [-0.2, 0) is 10.0 Å². The highest BCUT2D eigenvalue weighted by Gasteiger charge is 2.21. The molecular weight excluding hydrogens is 352 g/mol. The lowest BCUT2D eigenvalue weighted by molar-refractivity contribution is 0.230. The second-order valence-corrected chi connectivity index (χ2v) is 7.71. The van der Waals surface area contributed by atoms with E-state index in [9.17, 15) is 8.42 Å². The molecule has 0 atom stereocenters. The normalized spacial score (nSPS) is 11.5. The Bertz CT molecular complexity index is 995. The SMILES string of the molecule is COc1ccc(-c2nccn2S(=O)(=O)c2ccccc2)cc1OC(C)C. The van der Waals surface area contributed by atoms with Crippen LogP contribution in [0, 0.1) is 0 Å². The lowest BCUT2D eigenvalue weighted by atomic mass is 10.2. The van der Waals surface area contributed by atoms with Crippen molar-refractivity contribution in [2.24, 2.45) is 0 Å². The van der Waals surface area contributed by atoms with Crippen LogP contribution >= 0.6 is 0 Å². The third-order valence-corrected chi connectivity index (χ3v) is 5.37. The van der Waals surface area contributed by atoms with Gasteiger partial charge < -0.3 is 9.47 Å². The molecule has 0 radical (unpaired) electrons. The van der Waals surface area contributed by atoms with Gasteiger partial charge in [0.15, 0.2) is 17.3 Å². The summed E-state index contributed by atoms with van der Waals surface area (Å²) in [5.74, 6) is 1.42. The van der Waals surface area contributed by atoms with Crippen molar-refractivity contribution >= 4 is 10.0 Å². The molecule has 0 N–H and O–H groups in total. The molecule has 0 amide bonds. The topological polar surface area (TPSA) is 70.4 Å². The Morgan fingerprint density at radius 1 is 1.04 bits per heavy atom. The summed E-state index contributed by atoms with van der Waals surface area (Å²) in [6.45, 7) is 3.82. The molecule has 26 heavy (non-hydrogen) atoms. The number of rotatable bonds is 6. The number of ether oxygens (including phenoxy) is 2. The summed E-state index contributed by atoms with van der Waals surface area (Å²) in [5.41, 5.74) is 0.617. The Kier molecular flexibility index (Phi) is 4.99. The van der Waals surface area contributed by atoms with Crippen LogP contribution in [0.15, 0.2) is 65.8 Å². The number of hydrogen-bond acceptors (Lipinski definition) is 5. The van der Waals surface area contributed by atoms with Gasteiger partial charge in [-0.25, -0.2) is 17.4 Å². The highest BCUT2D eigenvalue weighted by Crippen LogP contribution is 2.33. The van der Waals surface area contributed by atoms with E-state index >= 15 is 0 Å². The zero-order chi connectivity index (χ0) is 18.7. The predicted molar refractivity (Wildman–Crippen MR) is 99.0 cm³/mol. The van der Waals surface area contributed by atoms with Gasteiger partial charge in [-0.05, 0) is 44.2 Å². The van der Waals surface area contributed by atoms with Crippen LogP contribution in [0.1, 0.15) is 13.8 Å². The molecule has 1 aromatic heterocycles. The van der Waals surface area contributed by atoms with Gasteiger partial charge >= 0.3 is 0 Å². The van der Waals surface area contributed by atoms with Crippen LogP contribution in [0.4, 0.5) is 0 Å². The molecule has 6 nitrogen and oxygen atoms in total. The van der Waals surface area contributed by atoms with Crippen LogP contribution in [0.5, 0.6) is 11.5 Å². The van der Waals surface area contributed by atoms with E-state index in [1.54, 1.807) is 55.6 Å². The molecule has 0 saturated carbocycles. The summed E-state index contributed by atoms with van der Waals surface area (Å²) in [6.07, 6.45) is 2.85. The first kappa shape index (κ1) is 18.0. The second kappa shape index (κ2) is 7.21. The lowest BCUT2D eigenvalue weighted by Gasteiger charge is -2.15. The van der Waals surface area contributed by atoms with E-state index in [1.165, 1.54) is 16.4 Å². The van der Waals surface area contributed by atoms with E-state index < -0.39 is 10.0 Å². The average Bonchev–Trinajstić information content (AvgIpc) is 3.12. The molecular formula is C19H20N2O4S. The fourth-order valence-electron chi connectivity index (χ4n) is 2.56. The van der Waals surface area contributed by atoms with Crippen molar-refractivity contribution in [1.29, 1.82) is 0 Å². The highest BCUT2D eigenvalue weighted by atomic mass is 32.2. The summed E-state index contributed by atoms with van der Waals surface area (Å²) < 4.78 is 38.1. The van der Waals surface area contributed by atoms with Gasteiger partial charge in [0, 0.05) is 18.0 Å². The van der Waals surface area contributed by atoms with Gasteiger partial charge in [0.25, 0.3) is 10.0 Å². The molecule has 0 aliphatic carbocycles. The van der Waals surface area contributed by atoms with Crippen molar-refractivity contribution in [3.05, 3.63) is 60.9 Å². The van der Waals surface area contributed by atoms with Crippen LogP contribution in [0.3, 0.4) is 0 Å². The fraction of sp³-hybridized carbons (Fsp3) is 0.211. The quantitative estimate of drug-likeness (QED) is 0.661. The highest BCUT2D eigenvalue weighted by molar-refractivity contribution is 7.90. The largest absolute Gasteiger partial charge is 0.493 e. The van der Waals surface area contributed by atoms with Crippen molar-refractivity contribution in [3.8, 4) is 22.9 Å². The Balaban J connectivity index is 2.09. The molecule has 0 saturated heterocycles. The number of hydrogen-bond donors (Lipinski definition) is 0. The monoisotopic (exact) mass is 372 g/mol. The van der Waals surface area contributed by atoms with Gasteiger partial charge in [0.2, 0.25) is 0 Å². The molecule has 136 valence electrons. The minimum atomic E-state index is -3.74. The van der Waals surface area contributed by atoms with Crippen LogP contribution in [0.2, 0.25) is 0 Å². The van der Waals surface area contributed by atoms with E-state index in [0.717, 1.165) is 0 Å². The average molecular weight is 372 g/mol. The van der Waals surface area contributed by atoms with Crippen molar-refractivity contribution in [3.63, 3.8) is 0 Å². The summed E-state index contributed by atoms with van der Waals surface area (Å²) in [7, 11) is -2.19. The van der Waals surface area contributed by atoms with E-state index in [0.29, 0.717) is 22.9 Å². The summed E-state index contributed by atoms with van der Waals surface area (Å²) in [6, 6.07) is 13.5.